The predicted molar refractivity (Wildman–Crippen MR) is 92.3 cm³/mol. The molecule has 0 aliphatic rings. The molecule has 4 heteroatoms. The number of rotatable bonds is 3. The molecule has 0 fully saturated rings. The molecule has 21 heavy (non-hydrogen) atoms. The van der Waals surface area contributed by atoms with Gasteiger partial charge in [0.1, 0.15) is 0 Å². The molecule has 2 rings (SSSR count). The number of benzene rings is 2. The van der Waals surface area contributed by atoms with Crippen molar-refractivity contribution in [2.75, 3.05) is 5.32 Å². The van der Waals surface area contributed by atoms with Gasteiger partial charge in [0, 0.05) is 21.1 Å². The van der Waals surface area contributed by atoms with Crippen LogP contribution in [0.25, 0.3) is 10.8 Å². The average molecular weight is 349 g/mol. The predicted octanol–water partition coefficient (Wildman–Crippen LogP) is 4.30. The summed E-state index contributed by atoms with van der Waals surface area (Å²) < 4.78 is 1.01. The molecule has 1 amide bonds. The Balaban J connectivity index is 2.42. The van der Waals surface area contributed by atoms with E-state index in [9.17, 15) is 4.79 Å². The first-order valence-corrected chi connectivity index (χ1v) is 7.71. The summed E-state index contributed by atoms with van der Waals surface area (Å²) >= 11 is 3.54. The number of nitrogens with two attached hydrogens (primary N) is 1. The SMILES string of the molecule is CC(C)(N)C(C)(C)C(=O)Nc1ccc(Br)c2ccccc12. The summed E-state index contributed by atoms with van der Waals surface area (Å²) in [5.41, 5.74) is 5.65. The Bertz CT molecular complexity index is 687. The third kappa shape index (κ3) is 2.97. The molecule has 0 unspecified atom stereocenters. The topological polar surface area (TPSA) is 55.1 Å². The smallest absolute Gasteiger partial charge is 0.231 e. The minimum atomic E-state index is -0.679. The third-order valence-electron chi connectivity index (χ3n) is 4.30. The Hall–Kier alpha value is -1.39. The maximum absolute atomic E-state index is 12.6. The normalized spacial score (nSPS) is 12.5. The van der Waals surface area contributed by atoms with E-state index in [4.69, 9.17) is 5.73 Å². The van der Waals surface area contributed by atoms with E-state index >= 15 is 0 Å². The molecule has 0 aromatic heterocycles. The molecular formula is C17H21BrN2O. The third-order valence-corrected chi connectivity index (χ3v) is 4.99. The first kappa shape index (κ1) is 16.0. The molecule has 0 saturated heterocycles. The molecule has 0 aliphatic heterocycles. The Morgan fingerprint density at radius 3 is 2.19 bits per heavy atom. The van der Waals surface area contributed by atoms with E-state index in [0.29, 0.717) is 0 Å². The van der Waals surface area contributed by atoms with E-state index in [1.54, 1.807) is 0 Å². The monoisotopic (exact) mass is 348 g/mol. The zero-order valence-corrected chi connectivity index (χ0v) is 14.4. The lowest BCUT2D eigenvalue weighted by atomic mass is 9.74. The van der Waals surface area contributed by atoms with Crippen molar-refractivity contribution >= 4 is 38.3 Å². The highest BCUT2D eigenvalue weighted by molar-refractivity contribution is 9.10. The van der Waals surface area contributed by atoms with Crippen molar-refractivity contribution in [1.29, 1.82) is 0 Å². The molecule has 0 radical (unpaired) electrons. The summed E-state index contributed by atoms with van der Waals surface area (Å²) in [5, 5.41) is 5.09. The van der Waals surface area contributed by atoms with E-state index in [-0.39, 0.29) is 5.91 Å². The molecule has 112 valence electrons. The van der Waals surface area contributed by atoms with Gasteiger partial charge in [0.05, 0.1) is 5.41 Å². The number of carbonyl (C=O) groups excluding carboxylic acids is 1. The Morgan fingerprint density at radius 2 is 1.62 bits per heavy atom. The zero-order valence-electron chi connectivity index (χ0n) is 12.8. The van der Waals surface area contributed by atoms with Gasteiger partial charge in [0.25, 0.3) is 0 Å². The summed E-state index contributed by atoms with van der Waals surface area (Å²) in [6.45, 7) is 7.46. The molecule has 0 spiro atoms. The molecule has 2 aromatic rings. The van der Waals surface area contributed by atoms with E-state index in [1.807, 2.05) is 64.1 Å². The van der Waals surface area contributed by atoms with Gasteiger partial charge in [-0.05, 0) is 45.2 Å². The fourth-order valence-corrected chi connectivity index (χ4v) is 2.42. The van der Waals surface area contributed by atoms with E-state index in [1.165, 1.54) is 0 Å². The van der Waals surface area contributed by atoms with Gasteiger partial charge in [-0.2, -0.15) is 0 Å². The maximum atomic E-state index is 12.6. The quantitative estimate of drug-likeness (QED) is 0.868. The van der Waals surface area contributed by atoms with Crippen molar-refractivity contribution in [1.82, 2.24) is 0 Å². The molecule has 0 heterocycles. The van der Waals surface area contributed by atoms with Crippen LogP contribution in [0.2, 0.25) is 0 Å². The van der Waals surface area contributed by atoms with Gasteiger partial charge in [-0.3, -0.25) is 4.79 Å². The largest absolute Gasteiger partial charge is 0.325 e. The van der Waals surface area contributed by atoms with Gasteiger partial charge >= 0.3 is 0 Å². The van der Waals surface area contributed by atoms with Gasteiger partial charge in [-0.1, -0.05) is 40.2 Å². The van der Waals surface area contributed by atoms with Crippen molar-refractivity contribution in [3.8, 4) is 0 Å². The number of hydrogen-bond acceptors (Lipinski definition) is 2. The van der Waals surface area contributed by atoms with Crippen molar-refractivity contribution < 1.29 is 4.79 Å². The van der Waals surface area contributed by atoms with E-state index in [2.05, 4.69) is 21.2 Å². The summed E-state index contributed by atoms with van der Waals surface area (Å²) in [6.07, 6.45) is 0. The highest BCUT2D eigenvalue weighted by atomic mass is 79.9. The van der Waals surface area contributed by atoms with Crippen LogP contribution >= 0.6 is 15.9 Å². The van der Waals surface area contributed by atoms with Crippen LogP contribution in [-0.4, -0.2) is 11.4 Å². The Morgan fingerprint density at radius 1 is 1.05 bits per heavy atom. The second-order valence-electron chi connectivity index (χ2n) is 6.44. The van der Waals surface area contributed by atoms with Crippen molar-refractivity contribution in [2.45, 2.75) is 33.2 Å². The fourth-order valence-electron chi connectivity index (χ4n) is 1.94. The molecule has 0 atom stereocenters. The fraction of sp³-hybridized carbons (Fsp3) is 0.353. The second-order valence-corrected chi connectivity index (χ2v) is 7.30. The van der Waals surface area contributed by atoms with Crippen LogP contribution in [0.3, 0.4) is 0 Å². The molecule has 0 aliphatic carbocycles. The van der Waals surface area contributed by atoms with E-state index < -0.39 is 11.0 Å². The number of halogens is 1. The lowest BCUT2D eigenvalue weighted by Gasteiger charge is -2.37. The highest BCUT2D eigenvalue weighted by Gasteiger charge is 2.40. The Labute approximate surface area is 134 Å². The van der Waals surface area contributed by atoms with Crippen molar-refractivity contribution in [3.05, 3.63) is 40.9 Å². The molecular weight excluding hydrogens is 328 g/mol. The van der Waals surface area contributed by atoms with Crippen LogP contribution in [0.5, 0.6) is 0 Å². The summed E-state index contributed by atoms with van der Waals surface area (Å²) in [4.78, 5) is 12.6. The van der Waals surface area contributed by atoms with Gasteiger partial charge in [0.15, 0.2) is 0 Å². The first-order chi connectivity index (χ1) is 9.64. The van der Waals surface area contributed by atoms with Gasteiger partial charge in [-0.25, -0.2) is 0 Å². The number of amides is 1. The van der Waals surface area contributed by atoms with Crippen molar-refractivity contribution in [2.24, 2.45) is 11.1 Å². The summed E-state index contributed by atoms with van der Waals surface area (Å²) in [5.74, 6) is -0.0810. The minimum Gasteiger partial charge on any atom is -0.325 e. The van der Waals surface area contributed by atoms with Crippen molar-refractivity contribution in [3.63, 3.8) is 0 Å². The number of hydrogen-bond donors (Lipinski definition) is 2. The number of carbonyl (C=O) groups is 1. The number of anilines is 1. The summed E-state index contributed by atoms with van der Waals surface area (Å²) in [7, 11) is 0. The van der Waals surface area contributed by atoms with Crippen LogP contribution < -0.4 is 11.1 Å². The van der Waals surface area contributed by atoms with Crippen LogP contribution in [0.15, 0.2) is 40.9 Å². The molecule has 3 nitrogen and oxygen atoms in total. The van der Waals surface area contributed by atoms with E-state index in [0.717, 1.165) is 20.9 Å². The zero-order chi connectivity index (χ0) is 15.8. The number of fused-ring (bicyclic) bond motifs is 1. The van der Waals surface area contributed by atoms with Gasteiger partial charge in [-0.15, -0.1) is 0 Å². The number of nitrogens with one attached hydrogen (secondary N) is 1. The van der Waals surface area contributed by atoms with Gasteiger partial charge in [0.2, 0.25) is 5.91 Å². The molecule has 2 aromatic carbocycles. The average Bonchev–Trinajstić information content (AvgIpc) is 2.41. The first-order valence-electron chi connectivity index (χ1n) is 6.92. The maximum Gasteiger partial charge on any atom is 0.231 e. The Kier molecular flexibility index (Phi) is 4.13. The second kappa shape index (κ2) is 5.43. The van der Waals surface area contributed by atoms with Crippen LogP contribution in [-0.2, 0) is 4.79 Å². The highest BCUT2D eigenvalue weighted by Crippen LogP contribution is 2.33. The van der Waals surface area contributed by atoms with Crippen LogP contribution in [0.4, 0.5) is 5.69 Å². The van der Waals surface area contributed by atoms with Gasteiger partial charge < -0.3 is 11.1 Å². The standard InChI is InChI=1S/C17H21BrN2O/c1-16(2,17(3,4)19)15(21)20-14-10-9-13(18)11-7-5-6-8-12(11)14/h5-10H,19H2,1-4H3,(H,20,21). The van der Waals surface area contributed by atoms with Crippen LogP contribution in [0, 0.1) is 5.41 Å². The molecule has 3 N–H and O–H groups in total. The molecule has 0 bridgehead atoms. The van der Waals surface area contributed by atoms with Crippen LogP contribution in [0.1, 0.15) is 27.7 Å². The molecule has 0 saturated carbocycles. The summed E-state index contributed by atoms with van der Waals surface area (Å²) in [6, 6.07) is 11.8. The lowest BCUT2D eigenvalue weighted by Crippen LogP contribution is -2.53. The minimum absolute atomic E-state index is 0.0810. The lowest BCUT2D eigenvalue weighted by molar-refractivity contribution is -0.126.